The van der Waals surface area contributed by atoms with Crippen LogP contribution in [-0.4, -0.2) is 52.8 Å². The monoisotopic (exact) mass is 452 g/mol. The Morgan fingerprint density at radius 2 is 1.88 bits per heavy atom. The standard InChI is InChI=1S/C24H28N4O3S/c1-17(2)19-7-5-18(6-8-19)15-27-9-11-28(12-10-27)22(29)14-20-16-32-24(25-20)26-23(30)21-4-3-13-31-21/h3-8,13,16-17H,9-12,14-15H2,1-2H3,(H,25,26,30). The third-order valence-corrected chi connectivity index (χ3v) is 6.43. The van der Waals surface area contributed by atoms with E-state index < -0.39 is 0 Å². The van der Waals surface area contributed by atoms with Gasteiger partial charge in [0.05, 0.1) is 18.4 Å². The quantitative estimate of drug-likeness (QED) is 0.586. The van der Waals surface area contributed by atoms with E-state index in [-0.39, 0.29) is 24.0 Å². The maximum absolute atomic E-state index is 12.7. The van der Waals surface area contributed by atoms with Gasteiger partial charge in [0.2, 0.25) is 5.91 Å². The van der Waals surface area contributed by atoms with Crippen LogP contribution >= 0.6 is 11.3 Å². The topological polar surface area (TPSA) is 78.7 Å². The number of furan rings is 1. The number of hydrogen-bond donors (Lipinski definition) is 1. The van der Waals surface area contributed by atoms with Crippen LogP contribution in [0.25, 0.3) is 0 Å². The lowest BCUT2D eigenvalue weighted by atomic mass is 10.0. The highest BCUT2D eigenvalue weighted by atomic mass is 32.1. The summed E-state index contributed by atoms with van der Waals surface area (Å²) >= 11 is 1.30. The van der Waals surface area contributed by atoms with E-state index in [0.717, 1.165) is 32.7 Å². The summed E-state index contributed by atoms with van der Waals surface area (Å²) in [7, 11) is 0. The first-order valence-electron chi connectivity index (χ1n) is 10.9. The number of piperazine rings is 1. The molecule has 0 bridgehead atoms. The average molecular weight is 453 g/mol. The van der Waals surface area contributed by atoms with Gasteiger partial charge < -0.3 is 9.32 Å². The van der Waals surface area contributed by atoms with Crippen molar-refractivity contribution in [3.05, 3.63) is 70.6 Å². The van der Waals surface area contributed by atoms with E-state index in [1.807, 2.05) is 10.3 Å². The minimum Gasteiger partial charge on any atom is -0.459 e. The Morgan fingerprint density at radius 1 is 1.12 bits per heavy atom. The largest absolute Gasteiger partial charge is 0.459 e. The van der Waals surface area contributed by atoms with Crippen LogP contribution in [0.15, 0.2) is 52.5 Å². The number of nitrogens with one attached hydrogen (secondary N) is 1. The molecule has 1 aliphatic rings. The lowest BCUT2D eigenvalue weighted by Crippen LogP contribution is -2.48. The number of benzene rings is 1. The van der Waals surface area contributed by atoms with E-state index in [1.165, 1.54) is 28.7 Å². The molecule has 0 atom stereocenters. The molecule has 32 heavy (non-hydrogen) atoms. The second-order valence-corrected chi connectivity index (χ2v) is 9.16. The fraction of sp³-hybridized carbons (Fsp3) is 0.375. The first-order valence-corrected chi connectivity index (χ1v) is 11.7. The molecule has 7 nitrogen and oxygen atoms in total. The predicted octanol–water partition coefficient (Wildman–Crippen LogP) is 4.00. The SMILES string of the molecule is CC(C)c1ccc(CN2CCN(C(=O)Cc3csc(NC(=O)c4ccco4)n3)CC2)cc1. The van der Waals surface area contributed by atoms with Crippen molar-refractivity contribution in [3.8, 4) is 0 Å². The van der Waals surface area contributed by atoms with Crippen LogP contribution in [0.4, 0.5) is 5.13 Å². The first-order chi connectivity index (χ1) is 15.5. The number of thiazole rings is 1. The minimum absolute atomic E-state index is 0.0696. The molecule has 0 aliphatic carbocycles. The van der Waals surface area contributed by atoms with Crippen molar-refractivity contribution >= 4 is 28.3 Å². The first kappa shape index (κ1) is 22.2. The van der Waals surface area contributed by atoms with Crippen molar-refractivity contribution in [2.75, 3.05) is 31.5 Å². The predicted molar refractivity (Wildman–Crippen MR) is 125 cm³/mol. The average Bonchev–Trinajstić information content (AvgIpc) is 3.47. The van der Waals surface area contributed by atoms with Crippen LogP contribution in [0, 0.1) is 0 Å². The van der Waals surface area contributed by atoms with Crippen LogP contribution < -0.4 is 5.32 Å². The molecular weight excluding hydrogens is 424 g/mol. The maximum atomic E-state index is 12.7. The van der Waals surface area contributed by atoms with Gasteiger partial charge in [0.1, 0.15) is 0 Å². The van der Waals surface area contributed by atoms with Crippen molar-refractivity contribution in [1.29, 1.82) is 0 Å². The van der Waals surface area contributed by atoms with Gasteiger partial charge in [-0.3, -0.25) is 19.8 Å². The second kappa shape index (κ2) is 10.1. The number of anilines is 1. The van der Waals surface area contributed by atoms with Crippen molar-refractivity contribution in [2.24, 2.45) is 0 Å². The summed E-state index contributed by atoms with van der Waals surface area (Å²) in [6, 6.07) is 12.1. The zero-order valence-corrected chi connectivity index (χ0v) is 19.2. The van der Waals surface area contributed by atoms with Crippen LogP contribution in [0.1, 0.15) is 47.1 Å². The number of carbonyl (C=O) groups excluding carboxylic acids is 2. The highest BCUT2D eigenvalue weighted by molar-refractivity contribution is 7.14. The minimum atomic E-state index is -0.350. The number of hydrogen-bond acceptors (Lipinski definition) is 6. The molecule has 8 heteroatoms. The maximum Gasteiger partial charge on any atom is 0.293 e. The van der Waals surface area contributed by atoms with Crippen LogP contribution in [0.5, 0.6) is 0 Å². The fourth-order valence-corrected chi connectivity index (χ4v) is 4.41. The number of rotatable bonds is 7. The molecule has 168 valence electrons. The van der Waals surface area contributed by atoms with Crippen molar-refractivity contribution in [2.45, 2.75) is 32.7 Å². The van der Waals surface area contributed by atoms with Gasteiger partial charge in [-0.2, -0.15) is 0 Å². The molecule has 0 saturated carbocycles. The van der Waals surface area contributed by atoms with Crippen LogP contribution in [-0.2, 0) is 17.8 Å². The van der Waals surface area contributed by atoms with E-state index >= 15 is 0 Å². The summed E-state index contributed by atoms with van der Waals surface area (Å²) in [6.45, 7) is 8.47. The highest BCUT2D eigenvalue weighted by Crippen LogP contribution is 2.19. The molecule has 3 aromatic rings. The second-order valence-electron chi connectivity index (χ2n) is 8.31. The van der Waals surface area contributed by atoms with Gasteiger partial charge in [-0.1, -0.05) is 38.1 Å². The molecule has 4 rings (SSSR count). The molecule has 3 heterocycles. The number of amides is 2. The van der Waals surface area contributed by atoms with Gasteiger partial charge in [-0.25, -0.2) is 4.98 Å². The molecule has 1 aromatic carbocycles. The molecule has 0 spiro atoms. The Bertz CT molecular complexity index is 1040. The van der Waals surface area contributed by atoms with E-state index in [2.05, 4.69) is 53.3 Å². The van der Waals surface area contributed by atoms with Gasteiger partial charge in [0.25, 0.3) is 5.91 Å². The Hall–Kier alpha value is -2.97. The molecule has 1 N–H and O–H groups in total. The van der Waals surface area contributed by atoms with Gasteiger partial charge in [-0.15, -0.1) is 11.3 Å². The smallest absolute Gasteiger partial charge is 0.293 e. The lowest BCUT2D eigenvalue weighted by Gasteiger charge is -2.34. The van der Waals surface area contributed by atoms with Crippen LogP contribution in [0.3, 0.4) is 0 Å². The lowest BCUT2D eigenvalue weighted by molar-refractivity contribution is -0.132. The molecule has 0 radical (unpaired) electrons. The Balaban J connectivity index is 1.23. The number of aromatic nitrogens is 1. The van der Waals surface area contributed by atoms with Crippen molar-refractivity contribution in [1.82, 2.24) is 14.8 Å². The summed E-state index contributed by atoms with van der Waals surface area (Å²) in [5.74, 6) is 0.489. The van der Waals surface area contributed by atoms with Gasteiger partial charge in [-0.05, 0) is 29.2 Å². The summed E-state index contributed by atoms with van der Waals surface area (Å²) in [5.41, 5.74) is 3.33. The molecule has 2 amide bonds. The molecule has 1 aliphatic heterocycles. The molecule has 1 saturated heterocycles. The summed E-state index contributed by atoms with van der Waals surface area (Å²) in [5, 5.41) is 4.97. The molecular formula is C24H28N4O3S. The van der Waals surface area contributed by atoms with Crippen molar-refractivity contribution < 1.29 is 14.0 Å². The van der Waals surface area contributed by atoms with E-state index in [0.29, 0.717) is 16.7 Å². The third kappa shape index (κ3) is 5.63. The summed E-state index contributed by atoms with van der Waals surface area (Å²) in [4.78, 5) is 33.4. The Kier molecular flexibility index (Phi) is 7.02. The highest BCUT2D eigenvalue weighted by Gasteiger charge is 2.22. The summed E-state index contributed by atoms with van der Waals surface area (Å²) in [6.07, 6.45) is 1.69. The Labute approximate surface area is 192 Å². The number of carbonyl (C=O) groups is 2. The zero-order valence-electron chi connectivity index (χ0n) is 18.4. The molecule has 1 fully saturated rings. The molecule has 0 unspecified atom stereocenters. The van der Waals surface area contributed by atoms with Crippen LogP contribution in [0.2, 0.25) is 0 Å². The van der Waals surface area contributed by atoms with Gasteiger partial charge in [0, 0.05) is 38.1 Å². The van der Waals surface area contributed by atoms with E-state index in [4.69, 9.17) is 4.42 Å². The Morgan fingerprint density at radius 3 is 2.53 bits per heavy atom. The van der Waals surface area contributed by atoms with Gasteiger partial charge in [0.15, 0.2) is 10.9 Å². The van der Waals surface area contributed by atoms with E-state index in [1.54, 1.807) is 12.1 Å². The van der Waals surface area contributed by atoms with E-state index in [9.17, 15) is 9.59 Å². The zero-order chi connectivity index (χ0) is 22.5. The summed E-state index contributed by atoms with van der Waals surface area (Å²) < 4.78 is 5.08. The third-order valence-electron chi connectivity index (χ3n) is 5.63. The van der Waals surface area contributed by atoms with Gasteiger partial charge >= 0.3 is 0 Å². The normalized spacial score (nSPS) is 14.7. The number of nitrogens with zero attached hydrogens (tertiary/aromatic N) is 3. The van der Waals surface area contributed by atoms with Crippen molar-refractivity contribution in [3.63, 3.8) is 0 Å². The fourth-order valence-electron chi connectivity index (χ4n) is 3.70. The molecule has 2 aromatic heterocycles.